The summed E-state index contributed by atoms with van der Waals surface area (Å²) in [5.74, 6) is -0.149. The molecule has 1 aliphatic rings. The van der Waals surface area contributed by atoms with E-state index in [9.17, 15) is 14.0 Å². The first-order chi connectivity index (χ1) is 9.47. The first kappa shape index (κ1) is 16.9. The minimum absolute atomic E-state index is 0.0562. The molecule has 0 radical (unpaired) electrons. The van der Waals surface area contributed by atoms with Crippen LogP contribution in [0.2, 0.25) is 0 Å². The van der Waals surface area contributed by atoms with Crippen LogP contribution >= 0.6 is 0 Å². The Bertz CT molecular complexity index is 363. The molecule has 1 N–H and O–H groups in total. The zero-order valence-electron chi connectivity index (χ0n) is 13.1. The summed E-state index contributed by atoms with van der Waals surface area (Å²) in [5, 5.41) is 2.95. The number of nitrogens with one attached hydrogen (secondary N) is 1. The molecule has 2 amide bonds. The first-order valence-corrected chi connectivity index (χ1v) is 7.68. The second kappa shape index (κ2) is 6.55. The summed E-state index contributed by atoms with van der Waals surface area (Å²) in [6.07, 6.45) is 2.51. The third kappa shape index (κ3) is 2.42. The molecule has 0 aromatic heterocycles. The van der Waals surface area contributed by atoms with Crippen molar-refractivity contribution in [2.24, 2.45) is 0 Å². The Balaban J connectivity index is 3.23. The van der Waals surface area contributed by atoms with Gasteiger partial charge in [-0.2, -0.15) is 0 Å². The Morgan fingerprint density at radius 3 is 2.00 bits per heavy atom. The predicted molar refractivity (Wildman–Crippen MR) is 77.1 cm³/mol. The van der Waals surface area contributed by atoms with Gasteiger partial charge in [0, 0.05) is 6.54 Å². The zero-order valence-corrected chi connectivity index (χ0v) is 13.1. The van der Waals surface area contributed by atoms with Gasteiger partial charge in [-0.05, 0) is 32.1 Å². The molecule has 1 saturated heterocycles. The van der Waals surface area contributed by atoms with E-state index >= 15 is 0 Å². The van der Waals surface area contributed by atoms with E-state index in [0.29, 0.717) is 32.2 Å². The quantitative estimate of drug-likeness (QED) is 0.781. The molecular formula is C15H27FN2O2. The third-order valence-corrected chi connectivity index (χ3v) is 4.84. The lowest BCUT2D eigenvalue weighted by Gasteiger charge is -2.52. The van der Waals surface area contributed by atoms with Crippen molar-refractivity contribution in [2.45, 2.75) is 70.9 Å². The van der Waals surface area contributed by atoms with Crippen LogP contribution in [0.25, 0.3) is 0 Å². The van der Waals surface area contributed by atoms with Gasteiger partial charge in [0.15, 0.2) is 0 Å². The van der Waals surface area contributed by atoms with Crippen molar-refractivity contribution in [3.05, 3.63) is 0 Å². The molecule has 0 aliphatic carbocycles. The maximum Gasteiger partial charge on any atom is 0.249 e. The average Bonchev–Trinajstić information content (AvgIpc) is 2.48. The molecule has 0 spiro atoms. The van der Waals surface area contributed by atoms with Crippen LogP contribution in [0.3, 0.4) is 0 Å². The van der Waals surface area contributed by atoms with Crippen molar-refractivity contribution < 1.29 is 14.0 Å². The number of piperazine rings is 1. The summed E-state index contributed by atoms with van der Waals surface area (Å²) in [5.41, 5.74) is -1.64. The van der Waals surface area contributed by atoms with E-state index in [1.165, 1.54) is 0 Å². The van der Waals surface area contributed by atoms with Gasteiger partial charge in [-0.1, -0.05) is 27.7 Å². The molecule has 0 aromatic rings. The minimum atomic E-state index is -0.819. The largest absolute Gasteiger partial charge is 0.340 e. The summed E-state index contributed by atoms with van der Waals surface area (Å²) in [6, 6.07) is 0. The molecule has 0 saturated carbocycles. The lowest BCUT2D eigenvalue weighted by Crippen LogP contribution is -2.75. The highest BCUT2D eigenvalue weighted by Crippen LogP contribution is 2.35. The Morgan fingerprint density at radius 1 is 1.05 bits per heavy atom. The fourth-order valence-electron chi connectivity index (χ4n) is 3.18. The summed E-state index contributed by atoms with van der Waals surface area (Å²) < 4.78 is 12.5. The Labute approximate surface area is 121 Å². The van der Waals surface area contributed by atoms with Crippen molar-refractivity contribution in [1.29, 1.82) is 0 Å². The number of hydrogen-bond acceptors (Lipinski definition) is 2. The molecular weight excluding hydrogens is 259 g/mol. The van der Waals surface area contributed by atoms with Gasteiger partial charge in [-0.15, -0.1) is 0 Å². The molecule has 5 heteroatoms. The standard InChI is InChI=1S/C15H27FN2O2/c1-5-14(6-2)13(20)18(11-9-10-16)15(7-3,8-4)12(19)17-14/h5-11H2,1-4H3,(H,17,19). The van der Waals surface area contributed by atoms with Crippen LogP contribution in [0.1, 0.15) is 59.8 Å². The van der Waals surface area contributed by atoms with Crippen LogP contribution in [0.5, 0.6) is 0 Å². The van der Waals surface area contributed by atoms with Gasteiger partial charge >= 0.3 is 0 Å². The fourth-order valence-corrected chi connectivity index (χ4v) is 3.18. The van der Waals surface area contributed by atoms with Crippen LogP contribution in [-0.2, 0) is 9.59 Å². The molecule has 116 valence electrons. The summed E-state index contributed by atoms with van der Waals surface area (Å²) in [7, 11) is 0. The monoisotopic (exact) mass is 286 g/mol. The molecule has 1 heterocycles. The molecule has 1 fully saturated rings. The second-order valence-electron chi connectivity index (χ2n) is 5.48. The number of halogens is 1. The third-order valence-electron chi connectivity index (χ3n) is 4.84. The number of amides is 2. The number of alkyl halides is 1. The fraction of sp³-hybridized carbons (Fsp3) is 0.867. The van der Waals surface area contributed by atoms with Crippen molar-refractivity contribution >= 4 is 11.8 Å². The predicted octanol–water partition coefficient (Wildman–Crippen LogP) is 2.42. The highest BCUT2D eigenvalue weighted by atomic mass is 19.1. The van der Waals surface area contributed by atoms with E-state index in [-0.39, 0.29) is 18.2 Å². The van der Waals surface area contributed by atoms with Crippen LogP contribution in [0.4, 0.5) is 4.39 Å². The molecule has 20 heavy (non-hydrogen) atoms. The maximum absolute atomic E-state index is 12.9. The highest BCUT2D eigenvalue weighted by Gasteiger charge is 2.55. The Morgan fingerprint density at radius 2 is 1.60 bits per heavy atom. The van der Waals surface area contributed by atoms with E-state index in [1.54, 1.807) is 4.90 Å². The molecule has 0 unspecified atom stereocenters. The average molecular weight is 286 g/mol. The normalized spacial score (nSPS) is 20.9. The lowest BCUT2D eigenvalue weighted by molar-refractivity contribution is -0.164. The van der Waals surface area contributed by atoms with Crippen LogP contribution < -0.4 is 5.32 Å². The van der Waals surface area contributed by atoms with Gasteiger partial charge in [-0.3, -0.25) is 14.0 Å². The van der Waals surface area contributed by atoms with Gasteiger partial charge in [0.25, 0.3) is 0 Å². The van der Waals surface area contributed by atoms with E-state index in [2.05, 4.69) is 5.32 Å². The van der Waals surface area contributed by atoms with Gasteiger partial charge in [0.05, 0.1) is 6.67 Å². The number of nitrogens with zero attached hydrogens (tertiary/aromatic N) is 1. The topological polar surface area (TPSA) is 49.4 Å². The van der Waals surface area contributed by atoms with Gasteiger partial charge in [0.2, 0.25) is 11.8 Å². The van der Waals surface area contributed by atoms with Gasteiger partial charge in [0.1, 0.15) is 11.1 Å². The molecule has 1 aliphatic heterocycles. The van der Waals surface area contributed by atoms with Crippen LogP contribution in [0, 0.1) is 0 Å². The number of carbonyl (C=O) groups is 2. The smallest absolute Gasteiger partial charge is 0.249 e. The minimum Gasteiger partial charge on any atom is -0.340 e. The first-order valence-electron chi connectivity index (χ1n) is 7.68. The number of hydrogen-bond donors (Lipinski definition) is 1. The Kier molecular flexibility index (Phi) is 5.54. The molecule has 0 bridgehead atoms. The number of carbonyl (C=O) groups excluding carboxylic acids is 2. The maximum atomic E-state index is 12.9. The van der Waals surface area contributed by atoms with E-state index in [4.69, 9.17) is 0 Å². The zero-order chi connectivity index (χ0) is 15.4. The second-order valence-corrected chi connectivity index (χ2v) is 5.48. The van der Waals surface area contributed by atoms with Gasteiger partial charge in [-0.25, -0.2) is 0 Å². The summed E-state index contributed by atoms with van der Waals surface area (Å²) in [6.45, 7) is 7.46. The van der Waals surface area contributed by atoms with Crippen LogP contribution in [-0.4, -0.2) is 41.0 Å². The van der Waals surface area contributed by atoms with Gasteiger partial charge < -0.3 is 10.2 Å². The lowest BCUT2D eigenvalue weighted by atomic mass is 9.79. The number of rotatable bonds is 7. The molecule has 4 nitrogen and oxygen atoms in total. The SMILES string of the molecule is CCC1(CC)NC(=O)C(CC)(CC)N(CCCF)C1=O. The molecule has 0 aromatic carbocycles. The summed E-state index contributed by atoms with van der Waals surface area (Å²) in [4.78, 5) is 27.2. The molecule has 0 atom stereocenters. The van der Waals surface area contributed by atoms with Crippen molar-refractivity contribution in [2.75, 3.05) is 13.2 Å². The molecule has 1 rings (SSSR count). The van der Waals surface area contributed by atoms with Crippen LogP contribution in [0.15, 0.2) is 0 Å². The van der Waals surface area contributed by atoms with Crippen molar-refractivity contribution in [3.8, 4) is 0 Å². The van der Waals surface area contributed by atoms with Crippen molar-refractivity contribution in [1.82, 2.24) is 10.2 Å². The highest BCUT2D eigenvalue weighted by molar-refractivity contribution is 6.02. The summed E-state index contributed by atoms with van der Waals surface area (Å²) >= 11 is 0. The van der Waals surface area contributed by atoms with E-state index in [1.807, 2.05) is 27.7 Å². The Hall–Kier alpha value is -1.13. The van der Waals surface area contributed by atoms with Crippen molar-refractivity contribution in [3.63, 3.8) is 0 Å². The van der Waals surface area contributed by atoms with E-state index < -0.39 is 17.8 Å². The van der Waals surface area contributed by atoms with E-state index in [0.717, 1.165) is 0 Å².